The van der Waals surface area contributed by atoms with Gasteiger partial charge in [0.2, 0.25) is 5.75 Å². The first-order valence-electron chi connectivity index (χ1n) is 10.7. The van der Waals surface area contributed by atoms with E-state index in [1.807, 2.05) is 32.0 Å². The number of fused-ring (bicyclic) bond motifs is 1. The van der Waals surface area contributed by atoms with Crippen molar-refractivity contribution < 1.29 is 33.3 Å². The Morgan fingerprint density at radius 3 is 2.44 bits per heavy atom. The lowest BCUT2D eigenvalue weighted by Gasteiger charge is -2.31. The Kier molecular flexibility index (Phi) is 6.00. The van der Waals surface area contributed by atoms with Gasteiger partial charge in [0.05, 0.1) is 25.7 Å². The van der Waals surface area contributed by atoms with Crippen LogP contribution in [0.5, 0.6) is 17.2 Å². The summed E-state index contributed by atoms with van der Waals surface area (Å²) in [6, 6.07) is 9.13. The van der Waals surface area contributed by atoms with Crippen molar-refractivity contribution in [2.24, 2.45) is 5.92 Å². The molecule has 0 bridgehead atoms. The van der Waals surface area contributed by atoms with E-state index in [4.69, 9.17) is 23.7 Å². The number of benzene rings is 2. The summed E-state index contributed by atoms with van der Waals surface area (Å²) in [7, 11) is 3.09. The van der Waals surface area contributed by atoms with Crippen LogP contribution in [0.25, 0.3) is 11.1 Å². The highest BCUT2D eigenvalue weighted by atomic mass is 16.6. The SMILES string of the molecule is COc1ccc(-c2cccc3c2COC3=O)c(OCC(C)(C)OC(=O)C2CCC2)c1OC. The van der Waals surface area contributed by atoms with Gasteiger partial charge < -0.3 is 23.7 Å². The third-order valence-electron chi connectivity index (χ3n) is 5.91. The van der Waals surface area contributed by atoms with Crippen LogP contribution in [0.15, 0.2) is 30.3 Å². The van der Waals surface area contributed by atoms with E-state index in [2.05, 4.69) is 0 Å². The first kappa shape index (κ1) is 22.0. The van der Waals surface area contributed by atoms with E-state index in [1.165, 1.54) is 7.11 Å². The van der Waals surface area contributed by atoms with E-state index in [0.29, 0.717) is 22.8 Å². The zero-order valence-electron chi connectivity index (χ0n) is 18.9. The monoisotopic (exact) mass is 440 g/mol. The summed E-state index contributed by atoms with van der Waals surface area (Å²) in [5, 5.41) is 0. The predicted molar refractivity (Wildman–Crippen MR) is 117 cm³/mol. The summed E-state index contributed by atoms with van der Waals surface area (Å²) in [5.74, 6) is 0.852. The third-order valence-corrected chi connectivity index (χ3v) is 5.91. The number of esters is 2. The van der Waals surface area contributed by atoms with E-state index >= 15 is 0 Å². The molecule has 1 fully saturated rings. The van der Waals surface area contributed by atoms with Crippen molar-refractivity contribution in [3.05, 3.63) is 41.5 Å². The third kappa shape index (κ3) is 4.11. The molecular formula is C25H28O7. The number of ether oxygens (including phenoxy) is 5. The molecular weight excluding hydrogens is 412 g/mol. The first-order valence-corrected chi connectivity index (χ1v) is 10.7. The molecule has 170 valence electrons. The summed E-state index contributed by atoms with van der Waals surface area (Å²) in [4.78, 5) is 24.4. The molecule has 2 aromatic carbocycles. The molecule has 1 saturated carbocycles. The van der Waals surface area contributed by atoms with Gasteiger partial charge in [0, 0.05) is 11.1 Å². The molecule has 0 radical (unpaired) electrons. The van der Waals surface area contributed by atoms with Crippen molar-refractivity contribution in [1.82, 2.24) is 0 Å². The van der Waals surface area contributed by atoms with Crippen molar-refractivity contribution in [2.45, 2.75) is 45.3 Å². The van der Waals surface area contributed by atoms with Crippen LogP contribution < -0.4 is 14.2 Å². The molecule has 0 unspecified atom stereocenters. The van der Waals surface area contributed by atoms with Crippen LogP contribution in [-0.4, -0.2) is 38.4 Å². The summed E-state index contributed by atoms with van der Waals surface area (Å²) >= 11 is 0. The smallest absolute Gasteiger partial charge is 0.338 e. The van der Waals surface area contributed by atoms with Gasteiger partial charge in [0.15, 0.2) is 11.5 Å². The van der Waals surface area contributed by atoms with Crippen molar-refractivity contribution in [2.75, 3.05) is 20.8 Å². The highest BCUT2D eigenvalue weighted by Gasteiger charge is 2.33. The van der Waals surface area contributed by atoms with Gasteiger partial charge in [-0.25, -0.2) is 4.79 Å². The fourth-order valence-electron chi connectivity index (χ4n) is 3.93. The normalized spacial score (nSPS) is 15.4. The second-order valence-electron chi connectivity index (χ2n) is 8.68. The quantitative estimate of drug-likeness (QED) is 0.558. The maximum absolute atomic E-state index is 12.4. The molecule has 1 aliphatic heterocycles. The highest BCUT2D eigenvalue weighted by molar-refractivity contribution is 5.96. The number of rotatable bonds is 8. The molecule has 7 nitrogen and oxygen atoms in total. The lowest BCUT2D eigenvalue weighted by Crippen LogP contribution is -2.38. The number of carbonyl (C=O) groups excluding carboxylic acids is 2. The molecule has 4 rings (SSSR count). The van der Waals surface area contributed by atoms with Crippen LogP contribution >= 0.6 is 0 Å². The molecule has 1 aliphatic carbocycles. The van der Waals surface area contributed by atoms with E-state index in [1.54, 1.807) is 19.2 Å². The van der Waals surface area contributed by atoms with Crippen molar-refractivity contribution in [1.29, 1.82) is 0 Å². The Labute approximate surface area is 187 Å². The van der Waals surface area contributed by atoms with Gasteiger partial charge in [-0.3, -0.25) is 4.79 Å². The maximum atomic E-state index is 12.4. The summed E-state index contributed by atoms with van der Waals surface area (Å²) in [6.07, 6.45) is 2.82. The minimum Gasteiger partial charge on any atom is -0.493 e. The molecule has 1 heterocycles. The Morgan fingerprint density at radius 2 is 1.78 bits per heavy atom. The topological polar surface area (TPSA) is 80.3 Å². The molecule has 2 aromatic rings. The van der Waals surface area contributed by atoms with Gasteiger partial charge in [0.25, 0.3) is 0 Å². The minimum absolute atomic E-state index is 0.0133. The highest BCUT2D eigenvalue weighted by Crippen LogP contribution is 2.46. The number of carbonyl (C=O) groups is 2. The van der Waals surface area contributed by atoms with Gasteiger partial charge >= 0.3 is 11.9 Å². The Balaban J connectivity index is 1.68. The average molecular weight is 440 g/mol. The number of hydrogen-bond acceptors (Lipinski definition) is 7. The second-order valence-corrected chi connectivity index (χ2v) is 8.68. The standard InChI is InChI=1S/C25H28O7/c1-25(2,32-23(26)15-7-5-8-15)14-31-21-17(11-12-20(28-3)22(21)29-4)16-9-6-10-18-19(16)13-30-24(18)27/h6,9-12,15H,5,7-8,13-14H2,1-4H3. The fourth-order valence-corrected chi connectivity index (χ4v) is 3.93. The molecule has 0 aromatic heterocycles. The first-order chi connectivity index (χ1) is 15.3. The van der Waals surface area contributed by atoms with Crippen LogP contribution in [0.2, 0.25) is 0 Å². The largest absolute Gasteiger partial charge is 0.493 e. The van der Waals surface area contributed by atoms with Crippen LogP contribution in [0, 0.1) is 5.92 Å². The molecule has 32 heavy (non-hydrogen) atoms. The van der Waals surface area contributed by atoms with Gasteiger partial charge in [-0.15, -0.1) is 0 Å². The Hall–Kier alpha value is -3.22. The molecule has 0 spiro atoms. The molecule has 0 atom stereocenters. The second kappa shape index (κ2) is 8.73. The zero-order valence-corrected chi connectivity index (χ0v) is 18.9. The number of cyclic esters (lactones) is 1. The lowest BCUT2D eigenvalue weighted by molar-refractivity contribution is -0.167. The van der Waals surface area contributed by atoms with Crippen LogP contribution in [0.3, 0.4) is 0 Å². The summed E-state index contributed by atoms with van der Waals surface area (Å²) in [5.41, 5.74) is 2.05. The zero-order chi connectivity index (χ0) is 22.9. The van der Waals surface area contributed by atoms with Gasteiger partial charge in [-0.2, -0.15) is 0 Å². The summed E-state index contributed by atoms with van der Waals surface area (Å²) < 4.78 is 28.3. The van der Waals surface area contributed by atoms with Crippen molar-refractivity contribution in [3.8, 4) is 28.4 Å². The fraction of sp³-hybridized carbons (Fsp3) is 0.440. The lowest BCUT2D eigenvalue weighted by atomic mass is 9.85. The van der Waals surface area contributed by atoms with E-state index in [0.717, 1.165) is 36.0 Å². The molecule has 2 aliphatic rings. The molecule has 0 amide bonds. The van der Waals surface area contributed by atoms with Crippen LogP contribution in [0.4, 0.5) is 0 Å². The van der Waals surface area contributed by atoms with Crippen molar-refractivity contribution >= 4 is 11.9 Å². The minimum atomic E-state index is -0.838. The van der Waals surface area contributed by atoms with E-state index in [-0.39, 0.29) is 31.1 Å². The van der Waals surface area contributed by atoms with Crippen molar-refractivity contribution in [3.63, 3.8) is 0 Å². The molecule has 0 N–H and O–H groups in total. The average Bonchev–Trinajstić information content (AvgIpc) is 3.11. The van der Waals surface area contributed by atoms with Gasteiger partial charge in [-0.05, 0) is 50.5 Å². The predicted octanol–water partition coefficient (Wildman–Crippen LogP) is 4.54. The van der Waals surface area contributed by atoms with Gasteiger partial charge in [0.1, 0.15) is 18.8 Å². The van der Waals surface area contributed by atoms with E-state index < -0.39 is 5.60 Å². The molecule has 0 saturated heterocycles. The van der Waals surface area contributed by atoms with Gasteiger partial charge in [-0.1, -0.05) is 18.6 Å². The summed E-state index contributed by atoms with van der Waals surface area (Å²) in [6.45, 7) is 3.96. The molecule has 7 heteroatoms. The number of methoxy groups -OCH3 is 2. The Morgan fingerprint density at radius 1 is 1.03 bits per heavy atom. The number of hydrogen-bond donors (Lipinski definition) is 0. The maximum Gasteiger partial charge on any atom is 0.338 e. The van der Waals surface area contributed by atoms with E-state index in [9.17, 15) is 9.59 Å². The van der Waals surface area contributed by atoms with Crippen LogP contribution in [-0.2, 0) is 20.9 Å². The Bertz CT molecular complexity index is 1040. The van der Waals surface area contributed by atoms with Crippen LogP contribution in [0.1, 0.15) is 49.0 Å².